The van der Waals surface area contributed by atoms with Crippen LogP contribution in [0.5, 0.6) is 5.75 Å². The molecule has 164 valence electrons. The standard InChI is InChI=1S/C23H20F3N5O/c1-2-31(19-9-5-7-15-6-3-4-8-18(15)19)22-20(27)21(28-14-29-22)30-16-10-12-17(13-11-16)32-23(24,25)26/h3-14H,2,27H2,1H3,(H,28,29,30). The van der Waals surface area contributed by atoms with Crippen LogP contribution in [0.3, 0.4) is 0 Å². The van der Waals surface area contributed by atoms with Crippen LogP contribution in [0, 0.1) is 0 Å². The normalized spacial score (nSPS) is 11.4. The highest BCUT2D eigenvalue weighted by Crippen LogP contribution is 2.36. The molecule has 32 heavy (non-hydrogen) atoms. The summed E-state index contributed by atoms with van der Waals surface area (Å²) < 4.78 is 41.0. The van der Waals surface area contributed by atoms with Gasteiger partial charge < -0.3 is 20.7 Å². The van der Waals surface area contributed by atoms with Gasteiger partial charge in [-0.3, -0.25) is 0 Å². The van der Waals surface area contributed by atoms with Crippen LogP contribution in [0.2, 0.25) is 0 Å². The van der Waals surface area contributed by atoms with Crippen LogP contribution in [0.15, 0.2) is 73.1 Å². The summed E-state index contributed by atoms with van der Waals surface area (Å²) in [6.07, 6.45) is -3.35. The maximum Gasteiger partial charge on any atom is 0.573 e. The summed E-state index contributed by atoms with van der Waals surface area (Å²) >= 11 is 0. The van der Waals surface area contributed by atoms with Crippen molar-refractivity contribution in [3.63, 3.8) is 0 Å². The van der Waals surface area contributed by atoms with Crippen LogP contribution < -0.4 is 20.7 Å². The van der Waals surface area contributed by atoms with Crippen LogP contribution in [0.25, 0.3) is 10.8 Å². The van der Waals surface area contributed by atoms with E-state index in [1.807, 2.05) is 54.3 Å². The third-order valence-electron chi connectivity index (χ3n) is 4.84. The first-order chi connectivity index (χ1) is 15.4. The van der Waals surface area contributed by atoms with Gasteiger partial charge in [-0.25, -0.2) is 9.97 Å². The second-order valence-corrected chi connectivity index (χ2v) is 6.90. The van der Waals surface area contributed by atoms with Gasteiger partial charge in [0.25, 0.3) is 0 Å². The van der Waals surface area contributed by atoms with Gasteiger partial charge in [0, 0.05) is 17.6 Å². The molecule has 0 aliphatic heterocycles. The summed E-state index contributed by atoms with van der Waals surface area (Å²) in [5.74, 6) is 0.559. The number of hydrogen-bond acceptors (Lipinski definition) is 6. The Bertz CT molecular complexity index is 1220. The fraction of sp³-hybridized carbons (Fsp3) is 0.130. The number of nitrogens with zero attached hydrogens (tertiary/aromatic N) is 3. The molecule has 3 aromatic carbocycles. The molecule has 9 heteroatoms. The number of halogens is 3. The third-order valence-corrected chi connectivity index (χ3v) is 4.84. The van der Waals surface area contributed by atoms with Gasteiger partial charge in [0.05, 0.1) is 5.69 Å². The lowest BCUT2D eigenvalue weighted by Crippen LogP contribution is -2.20. The Morgan fingerprint density at radius 2 is 1.69 bits per heavy atom. The van der Waals surface area contributed by atoms with E-state index in [0.29, 0.717) is 29.6 Å². The fourth-order valence-corrected chi connectivity index (χ4v) is 3.46. The summed E-state index contributed by atoms with van der Waals surface area (Å²) in [4.78, 5) is 10.6. The first-order valence-electron chi connectivity index (χ1n) is 9.84. The summed E-state index contributed by atoms with van der Waals surface area (Å²) in [5.41, 5.74) is 8.18. The van der Waals surface area contributed by atoms with Crippen molar-refractivity contribution in [2.24, 2.45) is 0 Å². The van der Waals surface area contributed by atoms with E-state index in [2.05, 4.69) is 20.0 Å². The predicted octanol–water partition coefficient (Wildman–Crippen LogP) is 6.01. The van der Waals surface area contributed by atoms with Gasteiger partial charge in [0.2, 0.25) is 0 Å². The van der Waals surface area contributed by atoms with Crippen molar-refractivity contribution in [3.05, 3.63) is 73.1 Å². The maximum atomic E-state index is 12.4. The number of aromatic nitrogens is 2. The number of benzene rings is 3. The van der Waals surface area contributed by atoms with Gasteiger partial charge in [0.1, 0.15) is 17.8 Å². The summed E-state index contributed by atoms with van der Waals surface area (Å²) in [6.45, 7) is 2.61. The van der Waals surface area contributed by atoms with Crippen LogP contribution >= 0.6 is 0 Å². The number of fused-ring (bicyclic) bond motifs is 1. The molecule has 3 N–H and O–H groups in total. The van der Waals surface area contributed by atoms with E-state index in [0.717, 1.165) is 16.5 Å². The largest absolute Gasteiger partial charge is 0.573 e. The van der Waals surface area contributed by atoms with Crippen molar-refractivity contribution >= 4 is 39.5 Å². The molecule has 0 saturated heterocycles. The lowest BCUT2D eigenvalue weighted by molar-refractivity contribution is -0.274. The number of nitrogens with two attached hydrogens (primary N) is 1. The molecule has 0 amide bonds. The molecule has 1 heterocycles. The van der Waals surface area contributed by atoms with Crippen molar-refractivity contribution < 1.29 is 17.9 Å². The van der Waals surface area contributed by atoms with Gasteiger partial charge >= 0.3 is 6.36 Å². The number of nitrogen functional groups attached to an aromatic ring is 1. The molecule has 0 bridgehead atoms. The number of alkyl halides is 3. The minimum absolute atomic E-state index is 0.312. The van der Waals surface area contributed by atoms with Crippen LogP contribution in [-0.2, 0) is 0 Å². The van der Waals surface area contributed by atoms with Crippen LogP contribution in [-0.4, -0.2) is 22.9 Å². The summed E-state index contributed by atoms with van der Waals surface area (Å²) in [5, 5.41) is 5.18. The molecule has 1 aromatic heterocycles. The lowest BCUT2D eigenvalue weighted by Gasteiger charge is -2.25. The van der Waals surface area contributed by atoms with Crippen molar-refractivity contribution in [2.45, 2.75) is 13.3 Å². The van der Waals surface area contributed by atoms with Gasteiger partial charge in [-0.1, -0.05) is 36.4 Å². The highest BCUT2D eigenvalue weighted by molar-refractivity contribution is 5.97. The molecule has 0 fully saturated rings. The van der Waals surface area contributed by atoms with Crippen LogP contribution in [0.4, 0.5) is 41.9 Å². The zero-order valence-electron chi connectivity index (χ0n) is 17.1. The number of nitrogens with one attached hydrogen (secondary N) is 1. The second-order valence-electron chi connectivity index (χ2n) is 6.90. The van der Waals surface area contributed by atoms with E-state index < -0.39 is 6.36 Å². The maximum absolute atomic E-state index is 12.4. The Morgan fingerprint density at radius 1 is 0.969 bits per heavy atom. The van der Waals surface area contributed by atoms with Gasteiger partial charge in [0.15, 0.2) is 11.6 Å². The minimum Gasteiger partial charge on any atom is -0.406 e. The highest BCUT2D eigenvalue weighted by atomic mass is 19.4. The zero-order valence-corrected chi connectivity index (χ0v) is 17.1. The fourth-order valence-electron chi connectivity index (χ4n) is 3.46. The van der Waals surface area contributed by atoms with Crippen LogP contribution in [0.1, 0.15) is 6.92 Å². The molecule has 4 rings (SSSR count). The topological polar surface area (TPSA) is 76.3 Å². The molecule has 0 aliphatic carbocycles. The molecule has 0 radical (unpaired) electrons. The molecule has 6 nitrogen and oxygen atoms in total. The molecule has 0 saturated carbocycles. The van der Waals surface area contributed by atoms with E-state index >= 15 is 0 Å². The average molecular weight is 439 g/mol. The van der Waals surface area contributed by atoms with E-state index in [-0.39, 0.29) is 5.75 Å². The van der Waals surface area contributed by atoms with Gasteiger partial charge in [-0.2, -0.15) is 0 Å². The second kappa shape index (κ2) is 8.62. The zero-order chi connectivity index (χ0) is 22.7. The first-order valence-corrected chi connectivity index (χ1v) is 9.84. The quantitative estimate of drug-likeness (QED) is 0.383. The van der Waals surface area contributed by atoms with Gasteiger partial charge in [-0.15, -0.1) is 13.2 Å². The Labute approximate surface area is 182 Å². The van der Waals surface area contributed by atoms with Gasteiger partial charge in [-0.05, 0) is 42.6 Å². The smallest absolute Gasteiger partial charge is 0.406 e. The lowest BCUT2D eigenvalue weighted by atomic mass is 10.1. The highest BCUT2D eigenvalue weighted by Gasteiger charge is 2.31. The predicted molar refractivity (Wildman–Crippen MR) is 119 cm³/mol. The van der Waals surface area contributed by atoms with Crippen molar-refractivity contribution in [2.75, 3.05) is 22.5 Å². The summed E-state index contributed by atoms with van der Waals surface area (Å²) in [6, 6.07) is 19.4. The Balaban J connectivity index is 1.64. The number of hydrogen-bond donors (Lipinski definition) is 2. The van der Waals surface area contributed by atoms with Crippen molar-refractivity contribution in [1.29, 1.82) is 0 Å². The molecule has 0 unspecified atom stereocenters. The monoisotopic (exact) mass is 439 g/mol. The number of rotatable bonds is 6. The Kier molecular flexibility index (Phi) is 5.72. The number of ether oxygens (including phenoxy) is 1. The van der Waals surface area contributed by atoms with E-state index in [1.165, 1.54) is 30.6 Å². The molecule has 0 atom stereocenters. The van der Waals surface area contributed by atoms with E-state index in [1.54, 1.807) is 0 Å². The SMILES string of the molecule is CCN(c1ncnc(Nc2ccc(OC(F)(F)F)cc2)c1N)c1cccc2ccccc12. The third kappa shape index (κ3) is 4.51. The molecular formula is C23H20F3N5O. The van der Waals surface area contributed by atoms with Crippen molar-refractivity contribution in [3.8, 4) is 5.75 Å². The molecule has 4 aromatic rings. The molecule has 0 spiro atoms. The average Bonchev–Trinajstić information content (AvgIpc) is 2.77. The molecular weight excluding hydrogens is 419 g/mol. The Morgan fingerprint density at radius 3 is 2.41 bits per heavy atom. The van der Waals surface area contributed by atoms with Crippen molar-refractivity contribution in [1.82, 2.24) is 9.97 Å². The summed E-state index contributed by atoms with van der Waals surface area (Å²) in [7, 11) is 0. The number of anilines is 5. The first kappa shape index (κ1) is 21.2. The molecule has 0 aliphatic rings. The van der Waals surface area contributed by atoms with E-state index in [4.69, 9.17) is 5.73 Å². The van der Waals surface area contributed by atoms with E-state index in [9.17, 15) is 13.2 Å². The Hall–Kier alpha value is -4.01. The minimum atomic E-state index is -4.74.